The Morgan fingerprint density at radius 1 is 1.50 bits per heavy atom. The Morgan fingerprint density at radius 2 is 2.22 bits per heavy atom. The number of halogens is 1. The number of rotatable bonds is 4. The average Bonchev–Trinajstić information content (AvgIpc) is 2.37. The molecule has 0 saturated carbocycles. The fourth-order valence-electron chi connectivity index (χ4n) is 1.21. The smallest absolute Gasteiger partial charge is 0.339 e. The van der Waals surface area contributed by atoms with Gasteiger partial charge in [-0.15, -0.1) is 6.58 Å². The minimum atomic E-state index is -0.475. The number of carbonyl (C=O) groups is 2. The molecule has 0 saturated heterocycles. The molecule has 0 fully saturated rings. The maximum absolute atomic E-state index is 11.5. The van der Waals surface area contributed by atoms with E-state index in [1.165, 1.54) is 13.2 Å². The van der Waals surface area contributed by atoms with Crippen molar-refractivity contribution < 1.29 is 14.3 Å². The van der Waals surface area contributed by atoms with E-state index < -0.39 is 5.97 Å². The maximum Gasteiger partial charge on any atom is 0.339 e. The normalized spacial score (nSPS) is 9.44. The molecule has 0 radical (unpaired) electrons. The molecule has 0 heterocycles. The lowest BCUT2D eigenvalue weighted by Crippen LogP contribution is -2.28. The van der Waals surface area contributed by atoms with E-state index in [0.717, 1.165) is 0 Å². The molecule has 0 aliphatic heterocycles. The van der Waals surface area contributed by atoms with E-state index in [9.17, 15) is 9.59 Å². The molecule has 0 spiro atoms. The van der Waals surface area contributed by atoms with Gasteiger partial charge in [-0.1, -0.05) is 6.08 Å². The zero-order valence-electron chi connectivity index (χ0n) is 9.83. The van der Waals surface area contributed by atoms with E-state index in [1.54, 1.807) is 18.2 Å². The molecule has 96 valence electrons. The summed E-state index contributed by atoms with van der Waals surface area (Å²) in [6.07, 6.45) is 1.57. The molecule has 2 amide bonds. The van der Waals surface area contributed by atoms with Crippen molar-refractivity contribution in [3.05, 3.63) is 40.9 Å². The van der Waals surface area contributed by atoms with Gasteiger partial charge >= 0.3 is 12.0 Å². The van der Waals surface area contributed by atoms with E-state index in [4.69, 9.17) is 0 Å². The van der Waals surface area contributed by atoms with Gasteiger partial charge in [0.1, 0.15) is 0 Å². The fourth-order valence-corrected chi connectivity index (χ4v) is 1.62. The van der Waals surface area contributed by atoms with Crippen LogP contribution in [0.25, 0.3) is 0 Å². The molecule has 1 aromatic carbocycles. The second-order valence-electron chi connectivity index (χ2n) is 3.31. The zero-order chi connectivity index (χ0) is 13.5. The molecule has 1 aromatic rings. The van der Waals surface area contributed by atoms with Gasteiger partial charge in [-0.3, -0.25) is 0 Å². The summed E-state index contributed by atoms with van der Waals surface area (Å²) in [5.74, 6) is -0.475. The van der Waals surface area contributed by atoms with Gasteiger partial charge in [-0.25, -0.2) is 9.59 Å². The fraction of sp³-hybridized carbons (Fsp3) is 0.167. The number of hydrogen-bond donors (Lipinski definition) is 2. The molecule has 0 unspecified atom stereocenters. The van der Waals surface area contributed by atoms with Gasteiger partial charge < -0.3 is 15.4 Å². The van der Waals surface area contributed by atoms with Gasteiger partial charge in [0.15, 0.2) is 0 Å². The number of esters is 1. The van der Waals surface area contributed by atoms with Gasteiger partial charge in [-0.2, -0.15) is 0 Å². The number of amides is 2. The van der Waals surface area contributed by atoms with Crippen molar-refractivity contribution in [1.29, 1.82) is 0 Å². The molecule has 2 N–H and O–H groups in total. The third-order valence-corrected chi connectivity index (χ3v) is 2.73. The summed E-state index contributed by atoms with van der Waals surface area (Å²) in [6, 6.07) is 4.50. The Kier molecular flexibility index (Phi) is 5.38. The minimum Gasteiger partial charge on any atom is -0.465 e. The van der Waals surface area contributed by atoms with E-state index >= 15 is 0 Å². The number of hydrogen-bond acceptors (Lipinski definition) is 3. The minimum absolute atomic E-state index is 0.346. The van der Waals surface area contributed by atoms with Crippen molar-refractivity contribution in [2.24, 2.45) is 0 Å². The first-order valence-electron chi connectivity index (χ1n) is 5.12. The lowest BCUT2D eigenvalue weighted by atomic mass is 10.2. The average molecular weight is 313 g/mol. The summed E-state index contributed by atoms with van der Waals surface area (Å²) in [5.41, 5.74) is 0.846. The Hall–Kier alpha value is -1.82. The predicted octanol–water partition coefficient (Wildman–Crippen LogP) is 2.54. The monoisotopic (exact) mass is 312 g/mol. The molecule has 1 rings (SSSR count). The van der Waals surface area contributed by atoms with Gasteiger partial charge in [0.2, 0.25) is 0 Å². The van der Waals surface area contributed by atoms with E-state index in [-0.39, 0.29) is 6.03 Å². The summed E-state index contributed by atoms with van der Waals surface area (Å²) in [5, 5.41) is 5.16. The maximum atomic E-state index is 11.5. The van der Waals surface area contributed by atoms with Crippen LogP contribution in [0.15, 0.2) is 35.3 Å². The first-order valence-corrected chi connectivity index (χ1v) is 5.91. The highest BCUT2D eigenvalue weighted by atomic mass is 79.9. The summed E-state index contributed by atoms with van der Waals surface area (Å²) >= 11 is 3.24. The van der Waals surface area contributed by atoms with Crippen molar-refractivity contribution in [3.8, 4) is 0 Å². The molecule has 0 atom stereocenters. The summed E-state index contributed by atoms with van der Waals surface area (Å²) < 4.78 is 5.23. The predicted molar refractivity (Wildman–Crippen MR) is 72.7 cm³/mol. The van der Waals surface area contributed by atoms with E-state index in [0.29, 0.717) is 22.3 Å². The van der Waals surface area contributed by atoms with Crippen LogP contribution in [0, 0.1) is 0 Å². The quantitative estimate of drug-likeness (QED) is 0.663. The second-order valence-corrected chi connectivity index (χ2v) is 4.16. The third kappa shape index (κ3) is 3.89. The number of ether oxygens (including phenoxy) is 1. The van der Waals surface area contributed by atoms with Crippen molar-refractivity contribution in [3.63, 3.8) is 0 Å². The van der Waals surface area contributed by atoms with Crippen LogP contribution in [0.5, 0.6) is 0 Å². The molecule has 0 aromatic heterocycles. The molecule has 0 aliphatic rings. The molecule has 5 nitrogen and oxygen atoms in total. The summed E-state index contributed by atoms with van der Waals surface area (Å²) in [7, 11) is 1.30. The number of nitrogens with one attached hydrogen (secondary N) is 2. The second kappa shape index (κ2) is 6.80. The molecular formula is C12H13BrN2O3. The summed E-state index contributed by atoms with van der Waals surface area (Å²) in [6.45, 7) is 3.86. The number of carbonyl (C=O) groups excluding carboxylic acids is 2. The standard InChI is InChI=1S/C12H13BrN2O3/c1-3-6-14-12(17)15-8-4-5-10(13)9(7-8)11(16)18-2/h3-5,7H,1,6H2,2H3,(H2,14,15,17). The van der Waals surface area contributed by atoms with Crippen LogP contribution < -0.4 is 10.6 Å². The van der Waals surface area contributed by atoms with Crippen LogP contribution in [0.3, 0.4) is 0 Å². The Bertz CT molecular complexity index is 474. The van der Waals surface area contributed by atoms with Gasteiger partial charge in [0.05, 0.1) is 12.7 Å². The van der Waals surface area contributed by atoms with Gasteiger partial charge in [-0.05, 0) is 34.1 Å². The van der Waals surface area contributed by atoms with Crippen LogP contribution >= 0.6 is 15.9 Å². The molecule has 0 bridgehead atoms. The topological polar surface area (TPSA) is 67.4 Å². The Labute approximate surface area is 113 Å². The summed E-state index contributed by atoms with van der Waals surface area (Å²) in [4.78, 5) is 22.9. The molecule has 18 heavy (non-hydrogen) atoms. The van der Waals surface area contributed by atoms with Crippen LogP contribution in [-0.4, -0.2) is 25.7 Å². The van der Waals surface area contributed by atoms with Gasteiger partial charge in [0, 0.05) is 16.7 Å². The molecular weight excluding hydrogens is 300 g/mol. The van der Waals surface area contributed by atoms with Crippen LogP contribution in [0.2, 0.25) is 0 Å². The zero-order valence-corrected chi connectivity index (χ0v) is 11.4. The highest BCUT2D eigenvalue weighted by molar-refractivity contribution is 9.10. The third-order valence-electron chi connectivity index (χ3n) is 2.04. The van der Waals surface area contributed by atoms with Crippen molar-refractivity contribution in [1.82, 2.24) is 5.32 Å². The highest BCUT2D eigenvalue weighted by Gasteiger charge is 2.11. The van der Waals surface area contributed by atoms with E-state index in [1.807, 2.05) is 0 Å². The van der Waals surface area contributed by atoms with Crippen LogP contribution in [-0.2, 0) is 4.74 Å². The first kappa shape index (κ1) is 14.2. The SMILES string of the molecule is C=CCNC(=O)Nc1ccc(Br)c(C(=O)OC)c1. The largest absolute Gasteiger partial charge is 0.465 e. The number of anilines is 1. The van der Waals surface area contributed by atoms with Gasteiger partial charge in [0.25, 0.3) is 0 Å². The number of urea groups is 1. The molecule has 0 aliphatic carbocycles. The van der Waals surface area contributed by atoms with Crippen molar-refractivity contribution >= 4 is 33.6 Å². The number of benzene rings is 1. The number of methoxy groups -OCH3 is 1. The Balaban J connectivity index is 2.82. The van der Waals surface area contributed by atoms with Crippen LogP contribution in [0.1, 0.15) is 10.4 Å². The van der Waals surface area contributed by atoms with Crippen molar-refractivity contribution in [2.45, 2.75) is 0 Å². The van der Waals surface area contributed by atoms with Crippen molar-refractivity contribution in [2.75, 3.05) is 19.0 Å². The Morgan fingerprint density at radius 3 is 2.83 bits per heavy atom. The molecule has 6 heteroatoms. The first-order chi connectivity index (χ1) is 8.58. The van der Waals surface area contributed by atoms with E-state index in [2.05, 4.69) is 37.9 Å². The lowest BCUT2D eigenvalue weighted by molar-refractivity contribution is 0.0599. The van der Waals surface area contributed by atoms with Crippen LogP contribution in [0.4, 0.5) is 10.5 Å². The lowest BCUT2D eigenvalue weighted by Gasteiger charge is -2.08. The highest BCUT2D eigenvalue weighted by Crippen LogP contribution is 2.21.